The molecule has 0 aliphatic rings. The van der Waals surface area contributed by atoms with Gasteiger partial charge in [-0.2, -0.15) is 5.10 Å². The van der Waals surface area contributed by atoms with Crippen LogP contribution in [0.25, 0.3) is 21.9 Å². The first-order valence-electron chi connectivity index (χ1n) is 7.86. The Morgan fingerprint density at radius 1 is 1.21 bits per heavy atom. The second-order valence-corrected chi connectivity index (χ2v) is 5.70. The largest absolute Gasteiger partial charge is 0.350 e. The first-order valence-corrected chi connectivity index (χ1v) is 7.86. The first kappa shape index (κ1) is 14.4. The van der Waals surface area contributed by atoms with Gasteiger partial charge in [0.15, 0.2) is 0 Å². The lowest BCUT2D eigenvalue weighted by Gasteiger charge is -2.09. The van der Waals surface area contributed by atoms with Crippen LogP contribution in [0.5, 0.6) is 0 Å². The minimum atomic E-state index is -0.105. The van der Waals surface area contributed by atoms with E-state index in [2.05, 4.69) is 25.1 Å². The molecule has 0 fully saturated rings. The highest BCUT2D eigenvalue weighted by Crippen LogP contribution is 2.16. The van der Waals surface area contributed by atoms with E-state index in [1.54, 1.807) is 12.3 Å². The van der Waals surface area contributed by atoms with Crippen molar-refractivity contribution in [3.05, 3.63) is 60.0 Å². The monoisotopic (exact) mass is 319 g/mol. The minimum absolute atomic E-state index is 0.105. The summed E-state index contributed by atoms with van der Waals surface area (Å²) >= 11 is 0. The summed E-state index contributed by atoms with van der Waals surface area (Å²) in [5, 5.41) is 10.8. The predicted octanol–water partition coefficient (Wildman–Crippen LogP) is 2.65. The molecule has 0 saturated heterocycles. The number of carbonyl (C=O) groups excluding carboxylic acids is 1. The molecule has 6 nitrogen and oxygen atoms in total. The van der Waals surface area contributed by atoms with Crippen LogP contribution in [-0.2, 0) is 6.54 Å². The van der Waals surface area contributed by atoms with Gasteiger partial charge in [0.2, 0.25) is 0 Å². The molecule has 0 unspecified atom stereocenters. The van der Waals surface area contributed by atoms with Crippen LogP contribution in [0.4, 0.5) is 0 Å². The number of nitrogens with zero attached hydrogens (tertiary/aromatic N) is 3. The maximum Gasteiger partial charge on any atom is 0.253 e. The lowest BCUT2D eigenvalue weighted by atomic mass is 10.1. The van der Waals surface area contributed by atoms with Crippen LogP contribution >= 0.6 is 0 Å². The van der Waals surface area contributed by atoms with Crippen molar-refractivity contribution in [1.29, 1.82) is 0 Å². The van der Waals surface area contributed by atoms with Gasteiger partial charge < -0.3 is 9.88 Å². The number of aromatic nitrogens is 4. The molecule has 4 aromatic rings. The fourth-order valence-corrected chi connectivity index (χ4v) is 3.01. The number of rotatable bonds is 4. The summed E-state index contributed by atoms with van der Waals surface area (Å²) in [6, 6.07) is 13.6. The molecule has 0 radical (unpaired) electrons. The number of imidazole rings is 1. The van der Waals surface area contributed by atoms with Gasteiger partial charge >= 0.3 is 0 Å². The molecule has 24 heavy (non-hydrogen) atoms. The van der Waals surface area contributed by atoms with E-state index in [1.165, 1.54) is 0 Å². The Bertz CT molecular complexity index is 1030. The molecule has 2 heterocycles. The van der Waals surface area contributed by atoms with Crippen LogP contribution in [0.2, 0.25) is 0 Å². The molecule has 2 aromatic carbocycles. The molecular weight excluding hydrogens is 302 g/mol. The van der Waals surface area contributed by atoms with E-state index in [4.69, 9.17) is 0 Å². The Labute approximate surface area is 138 Å². The first-order chi connectivity index (χ1) is 11.7. The zero-order valence-corrected chi connectivity index (χ0v) is 13.3. The van der Waals surface area contributed by atoms with Gasteiger partial charge in [-0.05, 0) is 25.1 Å². The third kappa shape index (κ3) is 2.42. The number of hydrogen-bond acceptors (Lipinski definition) is 3. The van der Waals surface area contributed by atoms with E-state index in [0.29, 0.717) is 18.7 Å². The number of fused-ring (bicyclic) bond motifs is 2. The summed E-state index contributed by atoms with van der Waals surface area (Å²) in [6.45, 7) is 3.19. The molecule has 0 spiro atoms. The van der Waals surface area contributed by atoms with Crippen LogP contribution in [0.15, 0.2) is 48.7 Å². The summed E-state index contributed by atoms with van der Waals surface area (Å²) in [5.74, 6) is 0.841. The third-order valence-corrected chi connectivity index (χ3v) is 4.19. The SMILES string of the molecule is Cc1nc2ccccc2n1CCNC(=O)c1cccc2cn[nH]c12. The number of amides is 1. The number of H-pyrrole nitrogens is 1. The van der Waals surface area contributed by atoms with Crippen molar-refractivity contribution in [1.82, 2.24) is 25.1 Å². The fraction of sp³-hybridized carbons (Fsp3) is 0.167. The molecule has 120 valence electrons. The minimum Gasteiger partial charge on any atom is -0.350 e. The molecule has 1 amide bonds. The number of para-hydroxylation sites is 3. The predicted molar refractivity (Wildman–Crippen MR) is 92.9 cm³/mol. The van der Waals surface area contributed by atoms with Gasteiger partial charge in [0.1, 0.15) is 5.82 Å². The van der Waals surface area contributed by atoms with E-state index in [-0.39, 0.29) is 5.91 Å². The van der Waals surface area contributed by atoms with Gasteiger partial charge in [-0.15, -0.1) is 0 Å². The van der Waals surface area contributed by atoms with Crippen LogP contribution in [-0.4, -0.2) is 32.2 Å². The molecule has 6 heteroatoms. The summed E-state index contributed by atoms with van der Waals surface area (Å²) in [7, 11) is 0. The van der Waals surface area contributed by atoms with Crippen molar-refractivity contribution >= 4 is 27.8 Å². The molecule has 2 N–H and O–H groups in total. The number of aromatic amines is 1. The third-order valence-electron chi connectivity index (χ3n) is 4.19. The Morgan fingerprint density at radius 3 is 3.00 bits per heavy atom. The van der Waals surface area contributed by atoms with E-state index >= 15 is 0 Å². The quantitative estimate of drug-likeness (QED) is 0.607. The van der Waals surface area contributed by atoms with Crippen LogP contribution < -0.4 is 5.32 Å². The van der Waals surface area contributed by atoms with Gasteiger partial charge in [0, 0.05) is 18.5 Å². The number of nitrogens with one attached hydrogen (secondary N) is 2. The average Bonchev–Trinajstić information content (AvgIpc) is 3.19. The van der Waals surface area contributed by atoms with E-state index in [0.717, 1.165) is 27.8 Å². The van der Waals surface area contributed by atoms with Crippen molar-refractivity contribution < 1.29 is 4.79 Å². The van der Waals surface area contributed by atoms with E-state index in [9.17, 15) is 4.79 Å². The van der Waals surface area contributed by atoms with Gasteiger partial charge in [-0.3, -0.25) is 9.89 Å². The van der Waals surface area contributed by atoms with Gasteiger partial charge in [-0.1, -0.05) is 24.3 Å². The van der Waals surface area contributed by atoms with Crippen molar-refractivity contribution in [3.8, 4) is 0 Å². The topological polar surface area (TPSA) is 75.6 Å². The Kier molecular flexibility index (Phi) is 3.49. The lowest BCUT2D eigenvalue weighted by Crippen LogP contribution is -2.27. The van der Waals surface area contributed by atoms with Gasteiger partial charge in [-0.25, -0.2) is 4.98 Å². The second kappa shape index (κ2) is 5.81. The molecular formula is C18H17N5O. The van der Waals surface area contributed by atoms with Crippen molar-refractivity contribution in [2.45, 2.75) is 13.5 Å². The highest BCUT2D eigenvalue weighted by Gasteiger charge is 2.11. The lowest BCUT2D eigenvalue weighted by molar-refractivity contribution is 0.0954. The Morgan fingerprint density at radius 2 is 2.08 bits per heavy atom. The molecule has 0 aliphatic heterocycles. The average molecular weight is 319 g/mol. The summed E-state index contributed by atoms with van der Waals surface area (Å²) in [5.41, 5.74) is 3.43. The van der Waals surface area contributed by atoms with Crippen LogP contribution in [0.1, 0.15) is 16.2 Å². The molecule has 0 bridgehead atoms. The maximum atomic E-state index is 12.4. The second-order valence-electron chi connectivity index (χ2n) is 5.70. The molecule has 2 aromatic heterocycles. The summed E-state index contributed by atoms with van der Waals surface area (Å²) in [6.07, 6.45) is 1.72. The number of benzene rings is 2. The zero-order valence-electron chi connectivity index (χ0n) is 13.3. The van der Waals surface area contributed by atoms with Crippen LogP contribution in [0, 0.1) is 6.92 Å². The highest BCUT2D eigenvalue weighted by atomic mass is 16.1. The molecule has 0 saturated carbocycles. The number of hydrogen-bond donors (Lipinski definition) is 2. The number of aryl methyl sites for hydroxylation is 1. The van der Waals surface area contributed by atoms with E-state index in [1.807, 2.05) is 43.3 Å². The Balaban J connectivity index is 1.50. The van der Waals surface area contributed by atoms with E-state index < -0.39 is 0 Å². The molecule has 0 aliphatic carbocycles. The highest BCUT2D eigenvalue weighted by molar-refractivity contribution is 6.05. The molecule has 0 atom stereocenters. The normalized spacial score (nSPS) is 11.2. The van der Waals surface area contributed by atoms with Gasteiger partial charge in [0.05, 0.1) is 28.3 Å². The Hall–Kier alpha value is -3.15. The van der Waals surface area contributed by atoms with Gasteiger partial charge in [0.25, 0.3) is 5.91 Å². The maximum absolute atomic E-state index is 12.4. The van der Waals surface area contributed by atoms with Crippen LogP contribution in [0.3, 0.4) is 0 Å². The standard InChI is InChI=1S/C18H17N5O/c1-12-21-15-7-2-3-8-16(15)23(12)10-9-19-18(24)14-6-4-5-13-11-20-22-17(13)14/h2-8,11H,9-10H2,1H3,(H,19,24)(H,20,22). The van der Waals surface area contributed by atoms with Crippen molar-refractivity contribution in [2.75, 3.05) is 6.54 Å². The summed E-state index contributed by atoms with van der Waals surface area (Å²) in [4.78, 5) is 17.0. The smallest absolute Gasteiger partial charge is 0.253 e. The molecule has 4 rings (SSSR count). The zero-order chi connectivity index (χ0) is 16.5. The number of carbonyl (C=O) groups is 1. The van der Waals surface area contributed by atoms with Crippen molar-refractivity contribution in [3.63, 3.8) is 0 Å². The fourth-order valence-electron chi connectivity index (χ4n) is 3.01. The van der Waals surface area contributed by atoms with Crippen molar-refractivity contribution in [2.24, 2.45) is 0 Å². The summed E-state index contributed by atoms with van der Waals surface area (Å²) < 4.78 is 2.12.